The van der Waals surface area contributed by atoms with Crippen LogP contribution in [0.3, 0.4) is 0 Å². The molecule has 0 radical (unpaired) electrons. The van der Waals surface area contributed by atoms with Crippen LogP contribution in [0.2, 0.25) is 0 Å². The average molecular weight is 378 g/mol. The molecule has 0 aliphatic carbocycles. The van der Waals surface area contributed by atoms with Crippen LogP contribution >= 0.6 is 0 Å². The van der Waals surface area contributed by atoms with E-state index in [1.54, 1.807) is 41.5 Å². The molecule has 2 rings (SSSR count). The molecule has 1 spiro atoms. The molecule has 10 heteroatoms. The molecule has 0 saturated carbocycles. The topological polar surface area (TPSA) is 102 Å². The molecule has 2 amide bonds. The Hall–Kier alpha value is -1.55. The summed E-state index contributed by atoms with van der Waals surface area (Å²) in [6.07, 6.45) is -1.31. The summed E-state index contributed by atoms with van der Waals surface area (Å²) in [5, 5.41) is 0. The van der Waals surface area contributed by atoms with Gasteiger partial charge in [0, 0.05) is 6.54 Å². The van der Waals surface area contributed by atoms with Crippen LogP contribution in [0.25, 0.3) is 0 Å². The lowest BCUT2D eigenvalue weighted by Gasteiger charge is -2.32. The van der Waals surface area contributed by atoms with Gasteiger partial charge in [-0.1, -0.05) is 0 Å². The molecule has 0 unspecified atom stereocenters. The Bertz CT molecular complexity index is 662. The number of ether oxygens (including phenoxy) is 2. The van der Waals surface area contributed by atoms with E-state index in [0.29, 0.717) is 4.31 Å². The van der Waals surface area contributed by atoms with Crippen LogP contribution in [0.4, 0.5) is 9.59 Å². The van der Waals surface area contributed by atoms with Crippen molar-refractivity contribution in [2.75, 3.05) is 19.7 Å². The fourth-order valence-electron chi connectivity index (χ4n) is 2.74. The number of hydrogen-bond acceptors (Lipinski definition) is 7. The smallest absolute Gasteiger partial charge is 0.426 e. The first-order valence-electron chi connectivity index (χ1n) is 8.06. The summed E-state index contributed by atoms with van der Waals surface area (Å²) in [7, 11) is -4.25. The van der Waals surface area contributed by atoms with Crippen molar-refractivity contribution in [3.8, 4) is 0 Å². The summed E-state index contributed by atoms with van der Waals surface area (Å²) in [6.45, 7) is 10.2. The first-order valence-corrected chi connectivity index (χ1v) is 9.43. The van der Waals surface area contributed by atoms with Crippen molar-refractivity contribution in [3.05, 3.63) is 0 Å². The van der Waals surface area contributed by atoms with Gasteiger partial charge in [0.1, 0.15) is 16.7 Å². The van der Waals surface area contributed by atoms with Crippen molar-refractivity contribution in [2.45, 2.75) is 64.7 Å². The number of nitrogens with zero attached hydrogens (tertiary/aromatic N) is 2. The van der Waals surface area contributed by atoms with Crippen molar-refractivity contribution in [1.82, 2.24) is 9.21 Å². The Morgan fingerprint density at radius 3 is 2.04 bits per heavy atom. The molecule has 0 aromatic rings. The summed E-state index contributed by atoms with van der Waals surface area (Å²) in [5.74, 6) is 0. The Morgan fingerprint density at radius 1 is 1.00 bits per heavy atom. The summed E-state index contributed by atoms with van der Waals surface area (Å²) in [6, 6.07) is 0. The molecule has 9 nitrogen and oxygen atoms in total. The van der Waals surface area contributed by atoms with Crippen LogP contribution in [0, 0.1) is 0 Å². The highest BCUT2D eigenvalue weighted by atomic mass is 32.2. The molecular weight excluding hydrogens is 352 g/mol. The predicted octanol–water partition coefficient (Wildman–Crippen LogP) is 1.88. The van der Waals surface area contributed by atoms with Crippen LogP contribution in [-0.2, 0) is 24.0 Å². The lowest BCUT2D eigenvalue weighted by Crippen LogP contribution is -2.54. The van der Waals surface area contributed by atoms with Crippen molar-refractivity contribution in [3.63, 3.8) is 0 Å². The van der Waals surface area contributed by atoms with Gasteiger partial charge in [-0.15, -0.1) is 0 Å². The molecule has 2 heterocycles. The zero-order valence-corrected chi connectivity index (χ0v) is 16.3. The second-order valence-electron chi connectivity index (χ2n) is 8.34. The minimum absolute atomic E-state index is 0.000383. The lowest BCUT2D eigenvalue weighted by molar-refractivity contribution is 0.0179. The lowest BCUT2D eigenvalue weighted by atomic mass is 10.0. The number of rotatable bonds is 0. The van der Waals surface area contributed by atoms with E-state index in [0.717, 1.165) is 0 Å². The monoisotopic (exact) mass is 378 g/mol. The molecule has 144 valence electrons. The zero-order valence-electron chi connectivity index (χ0n) is 15.5. The predicted molar refractivity (Wildman–Crippen MR) is 88.1 cm³/mol. The van der Waals surface area contributed by atoms with Crippen LogP contribution in [-0.4, -0.2) is 66.2 Å². The second-order valence-corrected chi connectivity index (χ2v) is 9.80. The number of carbonyl (C=O) groups excluding carboxylic acids is 2. The van der Waals surface area contributed by atoms with Gasteiger partial charge >= 0.3 is 22.5 Å². The van der Waals surface area contributed by atoms with Crippen LogP contribution in [0.1, 0.15) is 48.0 Å². The van der Waals surface area contributed by atoms with E-state index in [1.807, 2.05) is 0 Å². The Labute approximate surface area is 148 Å². The Kier molecular flexibility index (Phi) is 4.75. The van der Waals surface area contributed by atoms with Gasteiger partial charge in [-0.2, -0.15) is 12.7 Å². The van der Waals surface area contributed by atoms with Gasteiger partial charge in [0.05, 0.1) is 13.2 Å². The molecule has 0 N–H and O–H groups in total. The average Bonchev–Trinajstić information content (AvgIpc) is 2.88. The third-order valence-electron chi connectivity index (χ3n) is 3.67. The van der Waals surface area contributed by atoms with Gasteiger partial charge in [0.25, 0.3) is 0 Å². The van der Waals surface area contributed by atoms with E-state index < -0.39 is 39.2 Å². The number of amides is 2. The fraction of sp³-hybridized carbons (Fsp3) is 0.867. The largest absolute Gasteiger partial charge is 0.444 e. The van der Waals surface area contributed by atoms with Crippen LogP contribution < -0.4 is 0 Å². The second kappa shape index (κ2) is 6.01. The standard InChI is InChI=1S/C15H26N2O7S/c1-13(2,3)23-11(18)16-8-7-15(9-16)10-22-25(20,21)17(15)12(19)24-14(4,5)6/h7-10H2,1-6H3/t15-/m1/s1. The van der Waals surface area contributed by atoms with E-state index in [1.165, 1.54) is 4.90 Å². The molecular formula is C15H26N2O7S. The maximum atomic E-state index is 12.5. The Balaban J connectivity index is 2.22. The van der Waals surface area contributed by atoms with Gasteiger partial charge in [0.2, 0.25) is 0 Å². The number of likely N-dealkylation sites (tertiary alicyclic amines) is 1. The Morgan fingerprint density at radius 2 is 1.52 bits per heavy atom. The van der Waals surface area contributed by atoms with E-state index in [2.05, 4.69) is 0 Å². The first-order chi connectivity index (χ1) is 11.2. The SMILES string of the molecule is CC(C)(C)OC(=O)N1CC[C@]2(COS(=O)(=O)N2C(=O)OC(C)(C)C)C1. The number of carbonyl (C=O) groups is 2. The van der Waals surface area contributed by atoms with Gasteiger partial charge in [-0.3, -0.25) is 4.18 Å². The molecule has 1 atom stereocenters. The highest BCUT2D eigenvalue weighted by molar-refractivity contribution is 7.85. The fourth-order valence-corrected chi connectivity index (χ4v) is 4.11. The summed E-state index contributed by atoms with van der Waals surface area (Å²) in [4.78, 5) is 26.1. The molecule has 0 bridgehead atoms. The maximum Gasteiger partial charge on any atom is 0.426 e. The van der Waals surface area contributed by atoms with E-state index in [-0.39, 0.29) is 26.1 Å². The zero-order chi connectivity index (χ0) is 19.3. The third-order valence-corrected chi connectivity index (χ3v) is 5.07. The van der Waals surface area contributed by atoms with Crippen LogP contribution in [0.5, 0.6) is 0 Å². The molecule has 0 aromatic carbocycles. The minimum atomic E-state index is -4.25. The van der Waals surface area contributed by atoms with Gasteiger partial charge in [-0.05, 0) is 48.0 Å². The van der Waals surface area contributed by atoms with Crippen molar-refractivity contribution < 1.29 is 31.7 Å². The molecule has 2 aliphatic heterocycles. The molecule has 2 saturated heterocycles. The minimum Gasteiger partial charge on any atom is -0.444 e. The van der Waals surface area contributed by atoms with Crippen molar-refractivity contribution >= 4 is 22.5 Å². The summed E-state index contributed by atoms with van der Waals surface area (Å²) in [5.41, 5.74) is -2.70. The van der Waals surface area contributed by atoms with Crippen molar-refractivity contribution in [2.24, 2.45) is 0 Å². The molecule has 2 fully saturated rings. The van der Waals surface area contributed by atoms with Gasteiger partial charge in [0.15, 0.2) is 0 Å². The highest BCUT2D eigenvalue weighted by Crippen LogP contribution is 2.38. The van der Waals surface area contributed by atoms with E-state index in [4.69, 9.17) is 13.7 Å². The van der Waals surface area contributed by atoms with E-state index >= 15 is 0 Å². The van der Waals surface area contributed by atoms with Crippen molar-refractivity contribution in [1.29, 1.82) is 0 Å². The number of hydrogen-bond donors (Lipinski definition) is 0. The summed E-state index contributed by atoms with van der Waals surface area (Å²) >= 11 is 0. The first kappa shape index (κ1) is 19.8. The third kappa shape index (κ3) is 4.35. The maximum absolute atomic E-state index is 12.5. The molecule has 0 aromatic heterocycles. The van der Waals surface area contributed by atoms with Gasteiger partial charge in [-0.25, -0.2) is 9.59 Å². The van der Waals surface area contributed by atoms with E-state index in [9.17, 15) is 18.0 Å². The molecule has 2 aliphatic rings. The van der Waals surface area contributed by atoms with Gasteiger partial charge < -0.3 is 14.4 Å². The normalized spacial score (nSPS) is 26.2. The highest BCUT2D eigenvalue weighted by Gasteiger charge is 2.59. The quantitative estimate of drug-likeness (QED) is 0.634. The van der Waals surface area contributed by atoms with Crippen LogP contribution in [0.15, 0.2) is 0 Å². The molecule has 25 heavy (non-hydrogen) atoms. The summed E-state index contributed by atoms with van der Waals surface area (Å²) < 4.78 is 40.5.